The lowest BCUT2D eigenvalue weighted by molar-refractivity contribution is 0.346. The Hall–Kier alpha value is -1.29. The Balaban J connectivity index is 2.32. The number of aromatic nitrogens is 2. The van der Waals surface area contributed by atoms with Crippen LogP contribution in [0.3, 0.4) is 0 Å². The van der Waals surface area contributed by atoms with Crippen LogP contribution in [0.2, 0.25) is 0 Å². The van der Waals surface area contributed by atoms with E-state index in [2.05, 4.69) is 44.7 Å². The summed E-state index contributed by atoms with van der Waals surface area (Å²) in [7, 11) is 0. The number of ether oxygens (including phenoxy) is 1. The number of nitrogens with one attached hydrogen (secondary N) is 1. The minimum Gasteiger partial charge on any atom is -0.486 e. The van der Waals surface area contributed by atoms with Gasteiger partial charge in [-0.05, 0) is 19.4 Å². The molecule has 0 aliphatic carbocycles. The fourth-order valence-electron chi connectivity index (χ4n) is 1.26. The molecule has 0 saturated carbocycles. The van der Waals surface area contributed by atoms with Gasteiger partial charge in [0, 0.05) is 18.6 Å². The van der Waals surface area contributed by atoms with Gasteiger partial charge in [0.2, 0.25) is 0 Å². The molecule has 17 heavy (non-hydrogen) atoms. The van der Waals surface area contributed by atoms with E-state index in [0.717, 1.165) is 17.9 Å². The third-order valence-electron chi connectivity index (χ3n) is 2.31. The fraction of sp³-hybridized carbons (Fsp3) is 0.615. The van der Waals surface area contributed by atoms with Crippen molar-refractivity contribution >= 4 is 0 Å². The van der Waals surface area contributed by atoms with Crippen LogP contribution in [0.25, 0.3) is 0 Å². The highest BCUT2D eigenvalue weighted by Gasteiger charge is 2.03. The summed E-state index contributed by atoms with van der Waals surface area (Å²) in [5.74, 6) is 0.796. The van der Waals surface area contributed by atoms with E-state index in [1.54, 1.807) is 6.20 Å². The molecule has 1 N–H and O–H groups in total. The van der Waals surface area contributed by atoms with Crippen LogP contribution in [0, 0.1) is 0 Å². The van der Waals surface area contributed by atoms with E-state index < -0.39 is 0 Å². The summed E-state index contributed by atoms with van der Waals surface area (Å²) in [6.07, 6.45) is 3.65. The largest absolute Gasteiger partial charge is 0.486 e. The standard InChI is InChI=1S/C13H23N3O/c1-10(2)14-6-12(5)9-17-13-7-15-16(8-13)11(3)4/h7-8,10-11,14H,5-6,9H2,1-4H3. The van der Waals surface area contributed by atoms with Crippen LogP contribution in [-0.4, -0.2) is 29.0 Å². The second kappa shape index (κ2) is 6.45. The zero-order valence-corrected chi connectivity index (χ0v) is 11.2. The lowest BCUT2D eigenvalue weighted by atomic mass is 10.3. The number of nitrogens with zero attached hydrogens (tertiary/aromatic N) is 2. The highest BCUT2D eigenvalue weighted by molar-refractivity contribution is 5.13. The van der Waals surface area contributed by atoms with Crippen LogP contribution in [0.5, 0.6) is 5.75 Å². The fourth-order valence-corrected chi connectivity index (χ4v) is 1.26. The Morgan fingerprint density at radius 2 is 2.18 bits per heavy atom. The first-order valence-corrected chi connectivity index (χ1v) is 6.06. The monoisotopic (exact) mass is 237 g/mol. The Morgan fingerprint density at radius 1 is 1.47 bits per heavy atom. The Kier molecular flexibility index (Phi) is 5.22. The van der Waals surface area contributed by atoms with Crippen molar-refractivity contribution in [1.82, 2.24) is 15.1 Å². The number of hydrogen-bond acceptors (Lipinski definition) is 3. The van der Waals surface area contributed by atoms with Gasteiger partial charge in [0.05, 0.1) is 12.4 Å². The molecule has 0 fully saturated rings. The number of hydrogen-bond donors (Lipinski definition) is 1. The van der Waals surface area contributed by atoms with Crippen LogP contribution in [0.1, 0.15) is 33.7 Å². The van der Waals surface area contributed by atoms with Gasteiger partial charge >= 0.3 is 0 Å². The van der Waals surface area contributed by atoms with Gasteiger partial charge in [-0.2, -0.15) is 5.10 Å². The van der Waals surface area contributed by atoms with Crippen LogP contribution >= 0.6 is 0 Å². The van der Waals surface area contributed by atoms with E-state index in [1.165, 1.54) is 0 Å². The van der Waals surface area contributed by atoms with E-state index >= 15 is 0 Å². The molecule has 0 aliphatic heterocycles. The Morgan fingerprint density at radius 3 is 2.71 bits per heavy atom. The summed E-state index contributed by atoms with van der Waals surface area (Å²) in [4.78, 5) is 0. The summed E-state index contributed by atoms with van der Waals surface area (Å²) >= 11 is 0. The van der Waals surface area contributed by atoms with Gasteiger partial charge in [-0.3, -0.25) is 4.68 Å². The first kappa shape index (κ1) is 13.8. The minimum absolute atomic E-state index is 0.359. The molecule has 0 radical (unpaired) electrons. The zero-order valence-electron chi connectivity index (χ0n) is 11.2. The molecule has 0 amide bonds. The molecule has 1 aromatic rings. The van der Waals surface area contributed by atoms with Crippen molar-refractivity contribution in [3.63, 3.8) is 0 Å². The van der Waals surface area contributed by atoms with E-state index in [9.17, 15) is 0 Å². The van der Waals surface area contributed by atoms with Crippen LogP contribution in [0.4, 0.5) is 0 Å². The average Bonchev–Trinajstić information content (AvgIpc) is 2.72. The summed E-state index contributed by atoms with van der Waals surface area (Å²) in [6.45, 7) is 13.7. The summed E-state index contributed by atoms with van der Waals surface area (Å²) < 4.78 is 7.49. The molecule has 1 rings (SSSR count). The second-order valence-corrected chi connectivity index (χ2v) is 4.82. The lowest BCUT2D eigenvalue weighted by Gasteiger charge is -2.10. The highest BCUT2D eigenvalue weighted by Crippen LogP contribution is 2.12. The molecule has 0 spiro atoms. The molecule has 1 aromatic heterocycles. The second-order valence-electron chi connectivity index (χ2n) is 4.82. The molecule has 96 valence electrons. The van der Waals surface area contributed by atoms with E-state index in [4.69, 9.17) is 4.74 Å². The summed E-state index contributed by atoms with van der Waals surface area (Å²) in [5.41, 5.74) is 1.04. The highest BCUT2D eigenvalue weighted by atomic mass is 16.5. The first-order chi connectivity index (χ1) is 7.99. The van der Waals surface area contributed by atoms with Crippen molar-refractivity contribution in [2.24, 2.45) is 0 Å². The topological polar surface area (TPSA) is 39.1 Å². The quantitative estimate of drug-likeness (QED) is 0.740. The lowest BCUT2D eigenvalue weighted by Crippen LogP contribution is -2.26. The van der Waals surface area contributed by atoms with Crippen molar-refractivity contribution in [3.05, 3.63) is 24.5 Å². The summed E-state index contributed by atoms with van der Waals surface area (Å²) in [6, 6.07) is 0.827. The van der Waals surface area contributed by atoms with Crippen LogP contribution in [-0.2, 0) is 0 Å². The van der Waals surface area contributed by atoms with Gasteiger partial charge in [0.25, 0.3) is 0 Å². The van der Waals surface area contributed by atoms with Gasteiger partial charge < -0.3 is 10.1 Å². The van der Waals surface area contributed by atoms with Crippen molar-refractivity contribution in [3.8, 4) is 5.75 Å². The molecule has 0 aliphatic rings. The normalized spacial score (nSPS) is 11.2. The maximum absolute atomic E-state index is 5.61. The zero-order chi connectivity index (χ0) is 12.8. The molecule has 0 saturated heterocycles. The van der Waals surface area contributed by atoms with Crippen molar-refractivity contribution in [2.75, 3.05) is 13.2 Å². The molecular weight excluding hydrogens is 214 g/mol. The maximum Gasteiger partial charge on any atom is 0.157 e. The van der Waals surface area contributed by atoms with Crippen molar-refractivity contribution in [2.45, 2.75) is 39.8 Å². The molecule has 4 nitrogen and oxygen atoms in total. The van der Waals surface area contributed by atoms with Crippen LogP contribution in [0.15, 0.2) is 24.5 Å². The predicted molar refractivity (Wildman–Crippen MR) is 70.4 cm³/mol. The Bertz CT molecular complexity index is 355. The first-order valence-electron chi connectivity index (χ1n) is 6.06. The minimum atomic E-state index is 0.359. The smallest absolute Gasteiger partial charge is 0.157 e. The molecular formula is C13H23N3O. The molecule has 4 heteroatoms. The predicted octanol–water partition coefficient (Wildman–Crippen LogP) is 2.40. The van der Waals surface area contributed by atoms with Gasteiger partial charge in [-0.25, -0.2) is 0 Å². The molecule has 1 heterocycles. The molecule has 0 aromatic carbocycles. The van der Waals surface area contributed by atoms with Gasteiger partial charge in [-0.1, -0.05) is 20.4 Å². The number of rotatable bonds is 7. The van der Waals surface area contributed by atoms with Crippen molar-refractivity contribution < 1.29 is 4.74 Å². The molecule has 0 unspecified atom stereocenters. The van der Waals surface area contributed by atoms with Gasteiger partial charge in [0.15, 0.2) is 5.75 Å². The van der Waals surface area contributed by atoms with Gasteiger partial charge in [-0.15, -0.1) is 0 Å². The van der Waals surface area contributed by atoms with Crippen LogP contribution < -0.4 is 10.1 Å². The van der Waals surface area contributed by atoms with E-state index in [-0.39, 0.29) is 0 Å². The van der Waals surface area contributed by atoms with E-state index in [0.29, 0.717) is 18.7 Å². The SMILES string of the molecule is C=C(CNC(C)C)COc1cnn(C(C)C)c1. The third-order valence-corrected chi connectivity index (χ3v) is 2.31. The Labute approximate surface area is 104 Å². The summed E-state index contributed by atoms with van der Waals surface area (Å²) in [5, 5.41) is 7.52. The maximum atomic E-state index is 5.61. The third kappa shape index (κ3) is 5.04. The molecule has 0 atom stereocenters. The average molecular weight is 237 g/mol. The van der Waals surface area contributed by atoms with Crippen molar-refractivity contribution in [1.29, 1.82) is 0 Å². The van der Waals surface area contributed by atoms with Gasteiger partial charge in [0.1, 0.15) is 6.61 Å². The molecule has 0 bridgehead atoms. The van der Waals surface area contributed by atoms with E-state index in [1.807, 2.05) is 10.9 Å².